The maximum Gasteiger partial charge on any atom is 0.340 e. The lowest BCUT2D eigenvalue weighted by Gasteiger charge is -2.16. The molecule has 0 fully saturated rings. The van der Waals surface area contributed by atoms with Gasteiger partial charge in [-0.05, 0) is 26.3 Å². The summed E-state index contributed by atoms with van der Waals surface area (Å²) in [5.41, 5.74) is 5.99. The first-order valence-electron chi connectivity index (χ1n) is 8.95. The molecule has 0 unspecified atom stereocenters. The van der Waals surface area contributed by atoms with Gasteiger partial charge in [0.25, 0.3) is 0 Å². The van der Waals surface area contributed by atoms with E-state index in [0.717, 1.165) is 16.7 Å². The van der Waals surface area contributed by atoms with E-state index in [0.29, 0.717) is 33.6 Å². The third-order valence-corrected chi connectivity index (χ3v) is 4.85. The number of pyridine rings is 1. The Morgan fingerprint density at radius 2 is 1.63 bits per heavy atom. The van der Waals surface area contributed by atoms with E-state index in [9.17, 15) is 9.59 Å². The number of hydrogen-bond acceptors (Lipinski definition) is 4. The summed E-state index contributed by atoms with van der Waals surface area (Å²) >= 11 is 0. The number of aryl methyl sites for hydroxylation is 2. The van der Waals surface area contributed by atoms with Crippen LogP contribution in [0, 0.1) is 13.8 Å². The lowest BCUT2D eigenvalue weighted by atomic mass is 9.91. The molecule has 134 valence electrons. The van der Waals surface area contributed by atoms with E-state index in [1.807, 2.05) is 49.4 Å². The zero-order valence-corrected chi connectivity index (χ0v) is 15.5. The van der Waals surface area contributed by atoms with Crippen LogP contribution in [0.5, 0.6) is 0 Å². The second kappa shape index (κ2) is 6.47. The van der Waals surface area contributed by atoms with Gasteiger partial charge in [0, 0.05) is 16.7 Å². The van der Waals surface area contributed by atoms with Crippen LogP contribution < -0.4 is 0 Å². The number of aromatic nitrogens is 1. The van der Waals surface area contributed by atoms with E-state index in [1.165, 1.54) is 0 Å². The maximum absolute atomic E-state index is 13.2. The summed E-state index contributed by atoms with van der Waals surface area (Å²) in [5.74, 6) is -0.557. The van der Waals surface area contributed by atoms with Crippen molar-refractivity contribution >= 4 is 11.8 Å². The van der Waals surface area contributed by atoms with Gasteiger partial charge in [0.05, 0.1) is 29.1 Å². The van der Waals surface area contributed by atoms with Gasteiger partial charge >= 0.3 is 5.97 Å². The Morgan fingerprint density at radius 3 is 2.30 bits per heavy atom. The van der Waals surface area contributed by atoms with Crippen LogP contribution in [0.1, 0.15) is 44.5 Å². The molecule has 0 saturated heterocycles. The van der Waals surface area contributed by atoms with E-state index in [-0.39, 0.29) is 12.4 Å². The van der Waals surface area contributed by atoms with Gasteiger partial charge in [-0.3, -0.25) is 9.78 Å². The molecule has 1 aliphatic rings. The Morgan fingerprint density at radius 1 is 0.963 bits per heavy atom. The van der Waals surface area contributed by atoms with Gasteiger partial charge in [0.15, 0.2) is 5.78 Å². The molecule has 0 spiro atoms. The molecule has 0 radical (unpaired) electrons. The molecule has 3 aromatic rings. The number of hydrogen-bond donors (Lipinski definition) is 0. The van der Waals surface area contributed by atoms with Crippen LogP contribution in [0.25, 0.3) is 22.4 Å². The van der Waals surface area contributed by atoms with E-state index in [1.54, 1.807) is 19.9 Å². The molecule has 0 atom stereocenters. The van der Waals surface area contributed by atoms with Crippen molar-refractivity contribution in [3.8, 4) is 22.4 Å². The summed E-state index contributed by atoms with van der Waals surface area (Å²) in [6, 6.07) is 15.2. The fraction of sp³-hybridized carbons (Fsp3) is 0.174. The van der Waals surface area contributed by atoms with Crippen LogP contribution in [0.15, 0.2) is 48.5 Å². The van der Waals surface area contributed by atoms with E-state index in [4.69, 9.17) is 4.74 Å². The summed E-state index contributed by atoms with van der Waals surface area (Å²) < 4.78 is 5.28. The van der Waals surface area contributed by atoms with Crippen LogP contribution >= 0.6 is 0 Å². The lowest BCUT2D eigenvalue weighted by molar-refractivity contribution is 0.0526. The second-order valence-electron chi connectivity index (χ2n) is 6.63. The number of carbonyl (C=O) groups is 2. The highest BCUT2D eigenvalue weighted by Crippen LogP contribution is 2.43. The molecule has 4 nitrogen and oxygen atoms in total. The normalized spacial score (nSPS) is 11.9. The summed E-state index contributed by atoms with van der Waals surface area (Å²) in [6.45, 7) is 5.81. The molecule has 0 saturated carbocycles. The molecular formula is C23H19NO3. The third kappa shape index (κ3) is 2.65. The maximum atomic E-state index is 13.2. The van der Waals surface area contributed by atoms with Crippen LogP contribution in [-0.4, -0.2) is 23.3 Å². The molecule has 0 bridgehead atoms. The zero-order chi connectivity index (χ0) is 19.1. The van der Waals surface area contributed by atoms with E-state index >= 15 is 0 Å². The number of carbonyl (C=O) groups excluding carboxylic acids is 2. The van der Waals surface area contributed by atoms with Crippen molar-refractivity contribution in [2.24, 2.45) is 0 Å². The van der Waals surface area contributed by atoms with E-state index in [2.05, 4.69) is 4.98 Å². The summed E-state index contributed by atoms with van der Waals surface area (Å²) in [5, 5.41) is 0. The van der Waals surface area contributed by atoms with Gasteiger partial charge in [0.1, 0.15) is 0 Å². The van der Waals surface area contributed by atoms with Crippen molar-refractivity contribution in [2.45, 2.75) is 20.8 Å². The van der Waals surface area contributed by atoms with Crippen LogP contribution in [0.4, 0.5) is 0 Å². The number of benzene rings is 2. The first-order valence-corrected chi connectivity index (χ1v) is 8.95. The van der Waals surface area contributed by atoms with Crippen molar-refractivity contribution < 1.29 is 14.3 Å². The highest BCUT2D eigenvalue weighted by atomic mass is 16.5. The lowest BCUT2D eigenvalue weighted by Crippen LogP contribution is -2.13. The Bertz CT molecular complexity index is 1080. The van der Waals surface area contributed by atoms with Gasteiger partial charge in [-0.1, -0.05) is 54.1 Å². The van der Waals surface area contributed by atoms with Crippen molar-refractivity contribution in [1.29, 1.82) is 0 Å². The molecule has 27 heavy (non-hydrogen) atoms. The van der Waals surface area contributed by atoms with Crippen molar-refractivity contribution in [2.75, 3.05) is 6.61 Å². The van der Waals surface area contributed by atoms with Gasteiger partial charge in [0.2, 0.25) is 0 Å². The third-order valence-electron chi connectivity index (χ3n) is 4.85. The van der Waals surface area contributed by atoms with E-state index < -0.39 is 5.97 Å². The van der Waals surface area contributed by atoms with Crippen LogP contribution in [0.3, 0.4) is 0 Å². The predicted molar refractivity (Wildman–Crippen MR) is 104 cm³/mol. The molecule has 2 aromatic carbocycles. The minimum atomic E-state index is -0.454. The molecule has 1 aliphatic carbocycles. The van der Waals surface area contributed by atoms with Gasteiger partial charge in [-0.2, -0.15) is 0 Å². The Hall–Kier alpha value is -3.27. The standard InChI is InChI=1S/C23H19NO3/c1-4-27-23(26)18-14(3)24-21-16-7-5-6-8-17(16)22(25)20(21)19(18)15-11-9-13(2)10-12-15/h5-12H,4H2,1-3H3. The number of fused-ring (bicyclic) bond motifs is 3. The van der Waals surface area contributed by atoms with Crippen LogP contribution in [-0.2, 0) is 4.74 Å². The average Bonchev–Trinajstić information content (AvgIpc) is 2.94. The summed E-state index contributed by atoms with van der Waals surface area (Å²) in [6.07, 6.45) is 0. The molecule has 0 amide bonds. The Kier molecular flexibility index (Phi) is 4.11. The smallest absolute Gasteiger partial charge is 0.340 e. The second-order valence-corrected chi connectivity index (χ2v) is 6.63. The quantitative estimate of drug-likeness (QED) is 0.496. The number of ether oxygens (including phenoxy) is 1. The molecule has 1 heterocycles. The fourth-order valence-corrected chi connectivity index (χ4v) is 3.60. The largest absolute Gasteiger partial charge is 0.462 e. The average molecular weight is 357 g/mol. The SMILES string of the molecule is CCOC(=O)c1c(C)nc2c(c1-c1ccc(C)cc1)C(=O)c1ccccc1-2. The number of esters is 1. The molecule has 0 aliphatic heterocycles. The monoisotopic (exact) mass is 357 g/mol. The molecule has 4 rings (SSSR count). The molecule has 1 aromatic heterocycles. The predicted octanol–water partition coefficient (Wildman–Crippen LogP) is 4.75. The number of rotatable bonds is 3. The summed E-state index contributed by atoms with van der Waals surface area (Å²) in [7, 11) is 0. The first kappa shape index (κ1) is 17.2. The Balaban J connectivity index is 2.08. The number of ketones is 1. The Labute approximate surface area is 157 Å². The fourth-order valence-electron chi connectivity index (χ4n) is 3.60. The molecule has 0 N–H and O–H groups in total. The zero-order valence-electron chi connectivity index (χ0n) is 15.5. The first-order chi connectivity index (χ1) is 13.0. The van der Waals surface area contributed by atoms with Crippen molar-refractivity contribution in [3.63, 3.8) is 0 Å². The highest BCUT2D eigenvalue weighted by Gasteiger charge is 2.35. The van der Waals surface area contributed by atoms with Crippen LogP contribution in [0.2, 0.25) is 0 Å². The van der Waals surface area contributed by atoms with Crippen molar-refractivity contribution in [3.05, 3.63) is 76.5 Å². The molecular weight excluding hydrogens is 338 g/mol. The van der Waals surface area contributed by atoms with Crippen molar-refractivity contribution in [1.82, 2.24) is 4.98 Å². The van der Waals surface area contributed by atoms with Gasteiger partial charge < -0.3 is 4.74 Å². The minimum absolute atomic E-state index is 0.103. The minimum Gasteiger partial charge on any atom is -0.462 e. The topological polar surface area (TPSA) is 56.3 Å². The number of nitrogens with zero attached hydrogens (tertiary/aromatic N) is 1. The van der Waals surface area contributed by atoms with Gasteiger partial charge in [-0.25, -0.2) is 4.79 Å². The summed E-state index contributed by atoms with van der Waals surface area (Å²) in [4.78, 5) is 30.6. The van der Waals surface area contributed by atoms with Gasteiger partial charge in [-0.15, -0.1) is 0 Å². The highest BCUT2D eigenvalue weighted by molar-refractivity contribution is 6.25. The molecule has 4 heteroatoms.